The minimum Gasteiger partial charge on any atom is -0.490 e. The lowest BCUT2D eigenvalue weighted by Crippen LogP contribution is -2.42. The van der Waals surface area contributed by atoms with E-state index in [4.69, 9.17) is 4.74 Å². The number of halogens is 1. The van der Waals surface area contributed by atoms with E-state index in [2.05, 4.69) is 20.7 Å². The van der Waals surface area contributed by atoms with Crippen molar-refractivity contribution >= 4 is 50.9 Å². The van der Waals surface area contributed by atoms with E-state index in [9.17, 15) is 14.4 Å². The Labute approximate surface area is 165 Å². The molecular formula is C18H20BrNO5S. The molecule has 2 atom stereocenters. The van der Waals surface area contributed by atoms with Crippen molar-refractivity contribution < 1.29 is 23.9 Å². The molecule has 1 saturated heterocycles. The average molecular weight is 442 g/mol. The second kappa shape index (κ2) is 8.73. The molecule has 0 radical (unpaired) electrons. The van der Waals surface area contributed by atoms with Crippen LogP contribution in [0.1, 0.15) is 32.8 Å². The zero-order valence-electron chi connectivity index (χ0n) is 14.9. The predicted molar refractivity (Wildman–Crippen MR) is 104 cm³/mol. The van der Waals surface area contributed by atoms with Crippen molar-refractivity contribution in [3.63, 3.8) is 0 Å². The normalized spacial score (nSPS) is 18.2. The predicted octanol–water partition coefficient (Wildman–Crippen LogP) is 4.22. The van der Waals surface area contributed by atoms with Gasteiger partial charge in [-0.05, 0) is 71.7 Å². The van der Waals surface area contributed by atoms with Crippen molar-refractivity contribution in [2.24, 2.45) is 0 Å². The average Bonchev–Trinajstić information content (AvgIpc) is 2.89. The quantitative estimate of drug-likeness (QED) is 0.485. The van der Waals surface area contributed by atoms with E-state index in [0.717, 1.165) is 33.1 Å². The first-order valence-electron chi connectivity index (χ1n) is 8.09. The number of esters is 1. The van der Waals surface area contributed by atoms with Gasteiger partial charge in [-0.3, -0.25) is 14.5 Å². The molecule has 6 nitrogen and oxygen atoms in total. The van der Waals surface area contributed by atoms with Crippen molar-refractivity contribution in [2.75, 3.05) is 7.11 Å². The summed E-state index contributed by atoms with van der Waals surface area (Å²) in [5.41, 5.74) is 0.740. The van der Waals surface area contributed by atoms with Gasteiger partial charge >= 0.3 is 5.97 Å². The lowest BCUT2D eigenvalue weighted by molar-refractivity contribution is -0.148. The number of nitrogens with zero attached hydrogens (tertiary/aromatic N) is 1. The first kappa shape index (κ1) is 20.5. The number of benzene rings is 1. The van der Waals surface area contributed by atoms with Gasteiger partial charge in [0.05, 0.1) is 22.6 Å². The molecule has 1 fully saturated rings. The van der Waals surface area contributed by atoms with Gasteiger partial charge < -0.3 is 9.47 Å². The summed E-state index contributed by atoms with van der Waals surface area (Å²) in [7, 11) is 1.22. The van der Waals surface area contributed by atoms with Gasteiger partial charge in [0.2, 0.25) is 0 Å². The first-order valence-corrected chi connectivity index (χ1v) is 9.70. The van der Waals surface area contributed by atoms with Crippen LogP contribution in [0.25, 0.3) is 6.08 Å². The van der Waals surface area contributed by atoms with E-state index in [-0.39, 0.29) is 11.0 Å². The summed E-state index contributed by atoms with van der Waals surface area (Å²) in [6.45, 7) is 5.49. The second-order valence-corrected chi connectivity index (χ2v) is 7.62. The summed E-state index contributed by atoms with van der Waals surface area (Å²) in [6, 6.07) is 4.47. The van der Waals surface area contributed by atoms with E-state index < -0.39 is 23.2 Å². The molecule has 1 aliphatic heterocycles. The highest BCUT2D eigenvalue weighted by Gasteiger charge is 2.41. The number of rotatable bonds is 6. The monoisotopic (exact) mass is 441 g/mol. The fourth-order valence-electron chi connectivity index (χ4n) is 2.24. The maximum Gasteiger partial charge on any atom is 0.328 e. The molecule has 1 aromatic carbocycles. The molecule has 2 rings (SSSR count). The fourth-order valence-corrected chi connectivity index (χ4v) is 3.64. The van der Waals surface area contributed by atoms with Crippen molar-refractivity contribution in [3.8, 4) is 5.75 Å². The molecule has 0 spiro atoms. The molecule has 1 heterocycles. The van der Waals surface area contributed by atoms with Gasteiger partial charge in [0.15, 0.2) is 0 Å². The van der Waals surface area contributed by atoms with Gasteiger partial charge in [0, 0.05) is 0 Å². The molecule has 1 aromatic rings. The van der Waals surface area contributed by atoms with Crippen LogP contribution in [0.3, 0.4) is 0 Å². The summed E-state index contributed by atoms with van der Waals surface area (Å²) >= 11 is 4.26. The molecule has 0 saturated carbocycles. The molecule has 0 unspecified atom stereocenters. The summed E-state index contributed by atoms with van der Waals surface area (Å²) in [5.74, 6) is -0.430. The van der Waals surface area contributed by atoms with E-state index in [1.807, 2.05) is 26.0 Å². The Morgan fingerprint density at radius 2 is 2.04 bits per heavy atom. The fraction of sp³-hybridized carbons (Fsp3) is 0.389. The molecule has 140 valence electrons. The summed E-state index contributed by atoms with van der Waals surface area (Å²) in [5, 5.41) is -0.491. The molecular weight excluding hydrogens is 422 g/mol. The topological polar surface area (TPSA) is 72.9 Å². The number of thioether (sulfide) groups is 1. The lowest BCUT2D eigenvalue weighted by Gasteiger charge is -2.18. The van der Waals surface area contributed by atoms with Crippen LogP contribution in [-0.4, -0.2) is 41.3 Å². The number of amides is 2. The minimum absolute atomic E-state index is 0.0912. The van der Waals surface area contributed by atoms with Crippen LogP contribution in [0.5, 0.6) is 5.75 Å². The summed E-state index contributed by atoms with van der Waals surface area (Å²) < 4.78 is 11.2. The van der Waals surface area contributed by atoms with Crippen LogP contribution in [0.2, 0.25) is 0 Å². The van der Waals surface area contributed by atoms with Crippen LogP contribution in [0.4, 0.5) is 4.79 Å². The number of methoxy groups -OCH3 is 1. The van der Waals surface area contributed by atoms with Crippen LogP contribution < -0.4 is 4.74 Å². The van der Waals surface area contributed by atoms with E-state index in [1.54, 1.807) is 12.1 Å². The molecule has 8 heteroatoms. The molecule has 0 aromatic heterocycles. The van der Waals surface area contributed by atoms with E-state index in [1.165, 1.54) is 14.0 Å². The second-order valence-electron chi connectivity index (χ2n) is 5.78. The molecule has 0 bridgehead atoms. The van der Waals surface area contributed by atoms with Gasteiger partial charge in [-0.2, -0.15) is 0 Å². The van der Waals surface area contributed by atoms with Crippen molar-refractivity contribution in [1.29, 1.82) is 0 Å². The van der Waals surface area contributed by atoms with Gasteiger partial charge in [0.1, 0.15) is 11.8 Å². The number of carbonyl (C=O) groups excluding carboxylic acids is 3. The van der Waals surface area contributed by atoms with Gasteiger partial charge in [-0.15, -0.1) is 0 Å². The Morgan fingerprint density at radius 1 is 1.35 bits per heavy atom. The van der Waals surface area contributed by atoms with Crippen LogP contribution in [0, 0.1) is 0 Å². The van der Waals surface area contributed by atoms with E-state index in [0.29, 0.717) is 5.75 Å². The number of imide groups is 1. The van der Waals surface area contributed by atoms with Gasteiger partial charge in [-0.25, -0.2) is 4.79 Å². The third-order valence-corrected chi connectivity index (χ3v) is 5.41. The molecule has 1 aliphatic rings. The highest BCUT2D eigenvalue weighted by Crippen LogP contribution is 2.35. The van der Waals surface area contributed by atoms with Crippen molar-refractivity contribution in [1.82, 2.24) is 4.90 Å². The largest absolute Gasteiger partial charge is 0.490 e. The Kier molecular flexibility index (Phi) is 6.88. The highest BCUT2D eigenvalue weighted by atomic mass is 79.9. The van der Waals surface area contributed by atoms with E-state index >= 15 is 0 Å². The minimum atomic E-state index is -0.962. The molecule has 0 N–H and O–H groups in total. The summed E-state index contributed by atoms with van der Waals surface area (Å²) in [6.07, 6.45) is 2.60. The van der Waals surface area contributed by atoms with Crippen LogP contribution in [0.15, 0.2) is 27.6 Å². The lowest BCUT2D eigenvalue weighted by atomic mass is 10.2. The Hall–Kier alpha value is -1.80. The smallest absolute Gasteiger partial charge is 0.328 e. The van der Waals surface area contributed by atoms with Crippen LogP contribution in [-0.2, 0) is 14.3 Å². The maximum absolute atomic E-state index is 12.5. The maximum atomic E-state index is 12.5. The number of carbonyl (C=O) groups is 3. The van der Waals surface area contributed by atoms with Crippen LogP contribution >= 0.6 is 27.7 Å². The van der Waals surface area contributed by atoms with Crippen molar-refractivity contribution in [3.05, 3.63) is 33.1 Å². The number of ether oxygens (including phenoxy) is 2. The van der Waals surface area contributed by atoms with Gasteiger partial charge in [0.25, 0.3) is 11.1 Å². The Bertz CT molecular complexity index is 764. The number of hydrogen-bond donors (Lipinski definition) is 0. The zero-order chi connectivity index (χ0) is 19.4. The third kappa shape index (κ3) is 4.48. The molecule has 0 aliphatic carbocycles. The first-order chi connectivity index (χ1) is 12.3. The molecule has 2 amide bonds. The Morgan fingerprint density at radius 3 is 2.62 bits per heavy atom. The van der Waals surface area contributed by atoms with Gasteiger partial charge in [-0.1, -0.05) is 13.0 Å². The summed E-state index contributed by atoms with van der Waals surface area (Å²) in [4.78, 5) is 37.4. The Balaban J connectivity index is 2.22. The standard InChI is InChI=1S/C18H20BrNO5S/c1-5-10(2)25-14-7-6-12(8-13(14)19)9-15-16(21)20(18(23)26-15)11(3)17(22)24-4/h6-11H,5H2,1-4H3/b15-9+/t10-,11+/m1/s1. The molecule has 26 heavy (non-hydrogen) atoms. The van der Waals surface area contributed by atoms with Crippen molar-refractivity contribution in [2.45, 2.75) is 39.3 Å². The highest BCUT2D eigenvalue weighted by molar-refractivity contribution is 9.10. The zero-order valence-corrected chi connectivity index (χ0v) is 17.3. The number of hydrogen-bond acceptors (Lipinski definition) is 6. The third-order valence-electron chi connectivity index (χ3n) is 3.91. The SMILES string of the molecule is CC[C@@H](C)Oc1ccc(/C=C2/SC(=O)N([C@@H](C)C(=O)OC)C2=O)cc1Br.